The Hall–Kier alpha value is -0.860. The highest BCUT2D eigenvalue weighted by atomic mass is 16.5. The van der Waals surface area contributed by atoms with Crippen LogP contribution in [0.5, 0.6) is 0 Å². The van der Waals surface area contributed by atoms with Crippen molar-refractivity contribution in [2.45, 2.75) is 27.7 Å². The summed E-state index contributed by atoms with van der Waals surface area (Å²) < 4.78 is 4.89. The van der Waals surface area contributed by atoms with Crippen LogP contribution in [0.1, 0.15) is 27.7 Å². The van der Waals surface area contributed by atoms with Crippen molar-refractivity contribution >= 4 is 11.8 Å². The van der Waals surface area contributed by atoms with Crippen molar-refractivity contribution in [3.63, 3.8) is 0 Å². The van der Waals surface area contributed by atoms with E-state index >= 15 is 0 Å². The number of ketones is 1. The zero-order valence-corrected chi connectivity index (χ0v) is 7.93. The summed E-state index contributed by atoms with van der Waals surface area (Å²) >= 11 is 0. The molecule has 0 saturated carbocycles. The molecule has 3 heteroatoms. The number of carbonyl (C=O) groups is 2. The Morgan fingerprint density at radius 1 is 1.42 bits per heavy atom. The van der Waals surface area contributed by atoms with Crippen LogP contribution in [0.3, 0.4) is 0 Å². The topological polar surface area (TPSA) is 43.4 Å². The van der Waals surface area contributed by atoms with Crippen molar-refractivity contribution in [1.29, 1.82) is 0 Å². The third-order valence-corrected chi connectivity index (χ3v) is 3.16. The summed E-state index contributed by atoms with van der Waals surface area (Å²) in [5.41, 5.74) is -1.33. The van der Waals surface area contributed by atoms with Crippen LogP contribution in [-0.4, -0.2) is 18.4 Å². The normalized spacial score (nSPS) is 33.2. The standard InChI is InChI=1S/C9H14O3/c1-6(10)9(4)5-12-7(11)8(9,2)3/h5H2,1-4H3. The van der Waals surface area contributed by atoms with Crippen LogP contribution in [0.4, 0.5) is 0 Å². The first-order valence-electron chi connectivity index (χ1n) is 4.00. The van der Waals surface area contributed by atoms with Gasteiger partial charge in [0.05, 0.1) is 10.8 Å². The lowest BCUT2D eigenvalue weighted by molar-refractivity contribution is -0.146. The lowest BCUT2D eigenvalue weighted by Gasteiger charge is -2.30. The smallest absolute Gasteiger partial charge is 0.312 e. The zero-order valence-electron chi connectivity index (χ0n) is 7.93. The molecule has 0 radical (unpaired) electrons. The summed E-state index contributed by atoms with van der Waals surface area (Å²) in [7, 11) is 0. The van der Waals surface area contributed by atoms with Gasteiger partial charge < -0.3 is 4.74 Å². The molecule has 1 aliphatic rings. The van der Waals surface area contributed by atoms with Crippen LogP contribution in [0, 0.1) is 10.8 Å². The van der Waals surface area contributed by atoms with Crippen LogP contribution < -0.4 is 0 Å². The zero-order chi connectivity index (χ0) is 9.57. The van der Waals surface area contributed by atoms with Gasteiger partial charge in [-0.3, -0.25) is 9.59 Å². The van der Waals surface area contributed by atoms with E-state index in [1.807, 2.05) is 0 Å². The van der Waals surface area contributed by atoms with Gasteiger partial charge in [-0.15, -0.1) is 0 Å². The molecular weight excluding hydrogens is 156 g/mol. The number of hydrogen-bond donors (Lipinski definition) is 0. The quantitative estimate of drug-likeness (QED) is 0.555. The molecule has 1 heterocycles. The maximum absolute atomic E-state index is 11.3. The molecule has 68 valence electrons. The number of rotatable bonds is 1. The third kappa shape index (κ3) is 0.886. The van der Waals surface area contributed by atoms with E-state index in [0.29, 0.717) is 0 Å². The number of ether oxygens (including phenoxy) is 1. The number of carbonyl (C=O) groups excluding carboxylic acids is 2. The van der Waals surface area contributed by atoms with Crippen molar-refractivity contribution < 1.29 is 14.3 Å². The molecule has 0 aromatic heterocycles. The molecule has 1 aliphatic heterocycles. The van der Waals surface area contributed by atoms with E-state index in [1.165, 1.54) is 6.92 Å². The maximum Gasteiger partial charge on any atom is 0.312 e. The molecule has 1 saturated heterocycles. The fourth-order valence-corrected chi connectivity index (χ4v) is 1.34. The minimum Gasteiger partial charge on any atom is -0.464 e. The average molecular weight is 170 g/mol. The fraction of sp³-hybridized carbons (Fsp3) is 0.778. The van der Waals surface area contributed by atoms with Gasteiger partial charge in [0.1, 0.15) is 12.4 Å². The highest BCUT2D eigenvalue weighted by Crippen LogP contribution is 2.45. The predicted octanol–water partition coefficient (Wildman–Crippen LogP) is 1.16. The molecule has 0 amide bonds. The molecule has 1 atom stereocenters. The highest BCUT2D eigenvalue weighted by Gasteiger charge is 2.56. The van der Waals surface area contributed by atoms with Crippen LogP contribution in [0.25, 0.3) is 0 Å². The number of cyclic esters (lactones) is 1. The Balaban J connectivity index is 3.10. The number of hydrogen-bond acceptors (Lipinski definition) is 3. The largest absolute Gasteiger partial charge is 0.464 e. The number of esters is 1. The first-order valence-corrected chi connectivity index (χ1v) is 4.00. The van der Waals surface area contributed by atoms with Gasteiger partial charge >= 0.3 is 5.97 Å². The summed E-state index contributed by atoms with van der Waals surface area (Å²) in [6.45, 7) is 7.01. The SMILES string of the molecule is CC(=O)C1(C)COC(=O)C1(C)C. The lowest BCUT2D eigenvalue weighted by Crippen LogP contribution is -2.41. The first-order chi connectivity index (χ1) is 5.32. The van der Waals surface area contributed by atoms with Gasteiger partial charge in [-0.2, -0.15) is 0 Å². The van der Waals surface area contributed by atoms with Gasteiger partial charge in [0.15, 0.2) is 0 Å². The molecule has 12 heavy (non-hydrogen) atoms. The molecule has 0 aromatic carbocycles. The van der Waals surface area contributed by atoms with Gasteiger partial charge in [0.25, 0.3) is 0 Å². The summed E-state index contributed by atoms with van der Waals surface area (Å²) in [4.78, 5) is 22.5. The minimum atomic E-state index is -0.682. The van der Waals surface area contributed by atoms with Crippen LogP contribution in [0.2, 0.25) is 0 Å². The molecule has 0 aliphatic carbocycles. The summed E-state index contributed by atoms with van der Waals surface area (Å²) in [5, 5.41) is 0. The fourth-order valence-electron chi connectivity index (χ4n) is 1.34. The van der Waals surface area contributed by atoms with E-state index in [-0.39, 0.29) is 18.4 Å². The predicted molar refractivity (Wildman–Crippen MR) is 43.5 cm³/mol. The summed E-state index contributed by atoms with van der Waals surface area (Å²) in [5.74, 6) is -0.265. The molecule has 3 nitrogen and oxygen atoms in total. The Kier molecular flexibility index (Phi) is 1.78. The van der Waals surface area contributed by atoms with Crippen molar-refractivity contribution in [3.8, 4) is 0 Å². The van der Waals surface area contributed by atoms with Crippen molar-refractivity contribution in [2.24, 2.45) is 10.8 Å². The van der Waals surface area contributed by atoms with E-state index < -0.39 is 10.8 Å². The monoisotopic (exact) mass is 170 g/mol. The van der Waals surface area contributed by atoms with Crippen LogP contribution in [0.15, 0.2) is 0 Å². The van der Waals surface area contributed by atoms with Crippen molar-refractivity contribution in [1.82, 2.24) is 0 Å². The van der Waals surface area contributed by atoms with E-state index in [0.717, 1.165) is 0 Å². The van der Waals surface area contributed by atoms with Gasteiger partial charge in [-0.25, -0.2) is 0 Å². The molecule has 0 N–H and O–H groups in total. The highest BCUT2D eigenvalue weighted by molar-refractivity contribution is 5.93. The van der Waals surface area contributed by atoms with E-state index in [2.05, 4.69) is 0 Å². The summed E-state index contributed by atoms with van der Waals surface area (Å²) in [6.07, 6.45) is 0. The van der Waals surface area contributed by atoms with Crippen molar-refractivity contribution in [2.75, 3.05) is 6.61 Å². The Morgan fingerprint density at radius 3 is 2.08 bits per heavy atom. The maximum atomic E-state index is 11.3. The van der Waals surface area contributed by atoms with E-state index in [1.54, 1.807) is 20.8 Å². The van der Waals surface area contributed by atoms with E-state index in [9.17, 15) is 9.59 Å². The molecule has 0 bridgehead atoms. The lowest BCUT2D eigenvalue weighted by atomic mass is 9.67. The molecule has 0 spiro atoms. The molecule has 1 unspecified atom stereocenters. The van der Waals surface area contributed by atoms with Gasteiger partial charge in [0.2, 0.25) is 0 Å². The Bertz CT molecular complexity index is 242. The first kappa shape index (κ1) is 9.23. The molecule has 0 aromatic rings. The second kappa shape index (κ2) is 2.31. The second-order valence-corrected chi connectivity index (χ2v) is 4.09. The Morgan fingerprint density at radius 2 is 1.92 bits per heavy atom. The second-order valence-electron chi connectivity index (χ2n) is 4.09. The van der Waals surface area contributed by atoms with Crippen LogP contribution in [-0.2, 0) is 14.3 Å². The minimum absolute atomic E-state index is 0.0124. The van der Waals surface area contributed by atoms with Crippen LogP contribution >= 0.6 is 0 Å². The van der Waals surface area contributed by atoms with Crippen molar-refractivity contribution in [3.05, 3.63) is 0 Å². The summed E-state index contributed by atoms with van der Waals surface area (Å²) in [6, 6.07) is 0. The van der Waals surface area contributed by atoms with Gasteiger partial charge in [-0.1, -0.05) is 0 Å². The van der Waals surface area contributed by atoms with Gasteiger partial charge in [-0.05, 0) is 27.7 Å². The molecule has 1 rings (SSSR count). The Labute approximate surface area is 72.1 Å². The van der Waals surface area contributed by atoms with E-state index in [4.69, 9.17) is 4.74 Å². The number of Topliss-reactive ketones (excluding diaryl/α,β-unsaturated/α-hetero) is 1. The van der Waals surface area contributed by atoms with Gasteiger partial charge in [0, 0.05) is 0 Å². The molecular formula is C9H14O3. The third-order valence-electron chi connectivity index (χ3n) is 3.16. The molecule has 1 fully saturated rings. The average Bonchev–Trinajstić information content (AvgIpc) is 2.15.